The van der Waals surface area contributed by atoms with Gasteiger partial charge < -0.3 is 19.9 Å². The highest BCUT2D eigenvalue weighted by Gasteiger charge is 2.57. The van der Waals surface area contributed by atoms with Crippen LogP contribution in [0.15, 0.2) is 59.7 Å². The van der Waals surface area contributed by atoms with E-state index >= 15 is 0 Å². The summed E-state index contributed by atoms with van der Waals surface area (Å²) in [6, 6.07) is 10.1. The second-order valence-electron chi connectivity index (χ2n) is 10.1. The van der Waals surface area contributed by atoms with Crippen molar-refractivity contribution in [3.05, 3.63) is 80.9 Å². The molecule has 1 unspecified atom stereocenters. The molecule has 0 fully saturated rings. The van der Waals surface area contributed by atoms with Gasteiger partial charge in [0.2, 0.25) is 5.60 Å². The molecule has 0 radical (unpaired) electrons. The molecular formula is C30H24F5IN4O4. The monoisotopic (exact) mass is 726 g/mol. The van der Waals surface area contributed by atoms with Crippen LogP contribution in [0.3, 0.4) is 0 Å². The Morgan fingerprint density at radius 2 is 1.95 bits per heavy atom. The third-order valence-electron chi connectivity index (χ3n) is 7.31. The van der Waals surface area contributed by atoms with Crippen LogP contribution in [0.1, 0.15) is 21.6 Å². The number of ether oxygens (including phenoxy) is 2. The first-order chi connectivity index (χ1) is 20.9. The van der Waals surface area contributed by atoms with E-state index in [1.54, 1.807) is 12.3 Å². The van der Waals surface area contributed by atoms with Gasteiger partial charge in [-0.2, -0.15) is 13.2 Å². The number of nitrogens with one attached hydrogen (secondary N) is 1. The van der Waals surface area contributed by atoms with Gasteiger partial charge in [0.15, 0.2) is 0 Å². The fourth-order valence-corrected chi connectivity index (χ4v) is 5.44. The van der Waals surface area contributed by atoms with Crippen molar-refractivity contribution in [2.24, 2.45) is 4.99 Å². The maximum atomic E-state index is 14.7. The minimum atomic E-state index is -5.36. The molecule has 3 heterocycles. The van der Waals surface area contributed by atoms with Crippen LogP contribution in [0.4, 0.5) is 22.0 Å². The number of aliphatic hydroxyl groups is 1. The molecule has 1 amide bonds. The van der Waals surface area contributed by atoms with Crippen LogP contribution in [0.2, 0.25) is 0 Å². The normalized spacial score (nSPS) is 17.8. The van der Waals surface area contributed by atoms with Gasteiger partial charge in [-0.15, -0.1) is 0 Å². The third kappa shape index (κ3) is 5.56. The molecule has 2 N–H and O–H groups in total. The van der Waals surface area contributed by atoms with Gasteiger partial charge in [0, 0.05) is 45.1 Å². The van der Waals surface area contributed by atoms with Crippen molar-refractivity contribution in [1.29, 1.82) is 0 Å². The van der Waals surface area contributed by atoms with Gasteiger partial charge in [-0.05, 0) is 71.1 Å². The van der Waals surface area contributed by atoms with Crippen molar-refractivity contribution in [3.63, 3.8) is 0 Å². The van der Waals surface area contributed by atoms with Crippen LogP contribution in [0.25, 0.3) is 22.2 Å². The second-order valence-corrected chi connectivity index (χ2v) is 11.4. The Kier molecular flexibility index (Phi) is 8.50. The zero-order valence-electron chi connectivity index (χ0n) is 23.2. The summed E-state index contributed by atoms with van der Waals surface area (Å²) in [5, 5.41) is 13.9. The van der Waals surface area contributed by atoms with Gasteiger partial charge in [0.05, 0.1) is 24.8 Å². The summed E-state index contributed by atoms with van der Waals surface area (Å²) >= 11 is 2.03. The molecule has 0 aliphatic carbocycles. The van der Waals surface area contributed by atoms with E-state index in [1.165, 1.54) is 44.6 Å². The Bertz CT molecular complexity index is 1770. The molecule has 1 aliphatic rings. The van der Waals surface area contributed by atoms with Crippen molar-refractivity contribution < 1.29 is 41.3 Å². The molecule has 0 saturated heterocycles. The topological polar surface area (TPSA) is 106 Å². The van der Waals surface area contributed by atoms with E-state index in [4.69, 9.17) is 9.47 Å². The van der Waals surface area contributed by atoms with E-state index in [0.29, 0.717) is 10.9 Å². The molecule has 14 heteroatoms. The van der Waals surface area contributed by atoms with Gasteiger partial charge in [-0.25, -0.2) is 13.8 Å². The SMILES string of the molecule is C/N=C\[C@@]1(CF)COc2c1cc(C(O)(CNC(=O)c1cc(OC)c3ncc(I)cc3c1)C(F)(F)F)nc2-c1ccc(F)cc1. The number of rotatable bonds is 8. The predicted molar refractivity (Wildman–Crippen MR) is 160 cm³/mol. The summed E-state index contributed by atoms with van der Waals surface area (Å²) < 4.78 is 84.2. The Hall–Kier alpha value is -3.92. The zero-order chi connectivity index (χ0) is 31.9. The number of amides is 1. The number of aromatic nitrogens is 2. The smallest absolute Gasteiger partial charge is 0.424 e. The van der Waals surface area contributed by atoms with Gasteiger partial charge in [-0.1, -0.05) is 0 Å². The van der Waals surface area contributed by atoms with E-state index in [-0.39, 0.29) is 40.5 Å². The summed E-state index contributed by atoms with van der Waals surface area (Å²) in [5.41, 5.74) is -5.88. The molecule has 5 rings (SSSR count). The predicted octanol–water partition coefficient (Wildman–Crippen LogP) is 5.53. The summed E-state index contributed by atoms with van der Waals surface area (Å²) in [6.45, 7) is -2.73. The second kappa shape index (κ2) is 11.9. The summed E-state index contributed by atoms with van der Waals surface area (Å²) in [4.78, 5) is 25.4. The summed E-state index contributed by atoms with van der Waals surface area (Å²) in [5.74, 6) is -1.35. The molecule has 2 aromatic heterocycles. The average molecular weight is 726 g/mol. The first-order valence-electron chi connectivity index (χ1n) is 13.0. The van der Waals surface area contributed by atoms with Crippen molar-refractivity contribution in [1.82, 2.24) is 15.3 Å². The number of halogens is 6. The van der Waals surface area contributed by atoms with Crippen molar-refractivity contribution >= 4 is 45.6 Å². The van der Waals surface area contributed by atoms with Gasteiger partial charge in [0.25, 0.3) is 5.91 Å². The maximum absolute atomic E-state index is 14.7. The number of carbonyl (C=O) groups excluding carboxylic acids is 1. The van der Waals surface area contributed by atoms with E-state index in [0.717, 1.165) is 21.8 Å². The molecule has 0 saturated carbocycles. The molecule has 230 valence electrons. The van der Waals surface area contributed by atoms with E-state index in [2.05, 4.69) is 20.3 Å². The lowest BCUT2D eigenvalue weighted by atomic mass is 9.82. The minimum absolute atomic E-state index is 0.0297. The molecule has 2 aromatic carbocycles. The van der Waals surface area contributed by atoms with Crippen LogP contribution in [-0.2, 0) is 11.0 Å². The number of fused-ring (bicyclic) bond motifs is 2. The van der Waals surface area contributed by atoms with E-state index in [1.807, 2.05) is 22.6 Å². The van der Waals surface area contributed by atoms with Crippen LogP contribution < -0.4 is 14.8 Å². The Labute approximate surface area is 261 Å². The van der Waals surface area contributed by atoms with Crippen LogP contribution in [0.5, 0.6) is 11.5 Å². The number of hydrogen-bond donors (Lipinski definition) is 2. The zero-order valence-corrected chi connectivity index (χ0v) is 25.3. The number of benzene rings is 2. The lowest BCUT2D eigenvalue weighted by Crippen LogP contribution is -2.51. The number of pyridine rings is 2. The molecule has 0 bridgehead atoms. The number of hydrogen-bond acceptors (Lipinski definition) is 7. The van der Waals surface area contributed by atoms with E-state index in [9.17, 15) is 31.9 Å². The Morgan fingerprint density at radius 1 is 1.23 bits per heavy atom. The first-order valence-corrected chi connectivity index (χ1v) is 14.1. The van der Waals surface area contributed by atoms with Crippen LogP contribution >= 0.6 is 22.6 Å². The number of nitrogens with zero attached hydrogens (tertiary/aromatic N) is 3. The quantitative estimate of drug-likeness (QED) is 0.141. The standard InChI is InChI=1S/C30H24F5IN4O4/c1-37-13-28(12-31)15-44-26-21(28)10-23(40-25(26)16-3-5-19(32)6-4-16)29(42,30(33,34)35)14-39-27(41)18-7-17-8-20(36)11-38-24(17)22(9-18)43-2/h3-11,13,42H,12,14-15H2,1-2H3,(H,39,41)/b37-13-/t28-,29?/m0/s1. The fourth-order valence-electron chi connectivity index (χ4n) is 4.96. The largest absolute Gasteiger partial charge is 0.494 e. The lowest BCUT2D eigenvalue weighted by molar-refractivity contribution is -0.265. The summed E-state index contributed by atoms with van der Waals surface area (Å²) in [6.07, 6.45) is -2.55. The first kappa shape index (κ1) is 31.5. The molecule has 4 aromatic rings. The van der Waals surface area contributed by atoms with Crippen LogP contribution in [-0.4, -0.2) is 67.4 Å². The number of alkyl halides is 4. The third-order valence-corrected chi connectivity index (χ3v) is 7.90. The molecular weight excluding hydrogens is 702 g/mol. The number of aliphatic imine (C=N–C) groups is 1. The molecule has 1 aliphatic heterocycles. The molecule has 2 atom stereocenters. The highest BCUT2D eigenvalue weighted by atomic mass is 127. The van der Waals surface area contributed by atoms with Gasteiger partial charge >= 0.3 is 6.18 Å². The molecule has 44 heavy (non-hydrogen) atoms. The average Bonchev–Trinajstić information content (AvgIpc) is 3.37. The van der Waals surface area contributed by atoms with Crippen LogP contribution in [0, 0.1) is 9.39 Å². The van der Waals surface area contributed by atoms with Gasteiger partial charge in [-0.3, -0.25) is 14.8 Å². The van der Waals surface area contributed by atoms with Gasteiger partial charge in [0.1, 0.15) is 41.8 Å². The van der Waals surface area contributed by atoms with Crippen molar-refractivity contribution in [2.75, 3.05) is 34.0 Å². The highest BCUT2D eigenvalue weighted by molar-refractivity contribution is 14.1. The fraction of sp³-hybridized carbons (Fsp3) is 0.267. The lowest BCUT2D eigenvalue weighted by Gasteiger charge is -2.31. The maximum Gasteiger partial charge on any atom is 0.424 e. The highest BCUT2D eigenvalue weighted by Crippen LogP contribution is 2.47. The minimum Gasteiger partial charge on any atom is -0.494 e. The summed E-state index contributed by atoms with van der Waals surface area (Å²) in [7, 11) is 2.74. The Balaban J connectivity index is 1.60. The Morgan fingerprint density at radius 3 is 2.59 bits per heavy atom. The molecule has 0 spiro atoms. The van der Waals surface area contributed by atoms with Crippen molar-refractivity contribution in [2.45, 2.75) is 17.2 Å². The van der Waals surface area contributed by atoms with Crippen molar-refractivity contribution in [3.8, 4) is 22.8 Å². The molecule has 8 nitrogen and oxygen atoms in total. The van der Waals surface area contributed by atoms with E-state index < -0.39 is 47.8 Å². The number of carbonyl (C=O) groups is 1. The number of methoxy groups -OCH3 is 1.